The van der Waals surface area contributed by atoms with Crippen LogP contribution >= 0.6 is 0 Å². The number of rotatable bonds is 8. The van der Waals surface area contributed by atoms with E-state index in [1.807, 2.05) is 20.8 Å². The van der Waals surface area contributed by atoms with Crippen molar-refractivity contribution < 1.29 is 19.5 Å². The van der Waals surface area contributed by atoms with E-state index in [-0.39, 0.29) is 17.7 Å². The molecule has 3 atom stereocenters. The van der Waals surface area contributed by atoms with Gasteiger partial charge in [-0.1, -0.05) is 34.1 Å². The number of amides is 2. The summed E-state index contributed by atoms with van der Waals surface area (Å²) in [6, 6.07) is -1.63. The molecule has 2 amide bonds. The van der Waals surface area contributed by atoms with Crippen LogP contribution in [0.15, 0.2) is 0 Å². The Kier molecular flexibility index (Phi) is 7.87. The number of carbonyl (C=O) groups excluding carboxylic acids is 2. The number of carbonyl (C=O) groups is 3. The van der Waals surface area contributed by atoms with Crippen molar-refractivity contribution in [3.8, 4) is 0 Å². The molecule has 0 aliphatic heterocycles. The summed E-state index contributed by atoms with van der Waals surface area (Å²) in [6.45, 7) is 8.85. The van der Waals surface area contributed by atoms with E-state index in [9.17, 15) is 14.4 Å². The van der Waals surface area contributed by atoms with Crippen LogP contribution in [0.2, 0.25) is 0 Å². The van der Waals surface area contributed by atoms with Crippen LogP contribution in [0, 0.1) is 11.8 Å². The molecule has 3 N–H and O–H groups in total. The molecule has 0 saturated heterocycles. The van der Waals surface area contributed by atoms with Crippen LogP contribution in [0.4, 0.5) is 0 Å². The first-order chi connectivity index (χ1) is 9.18. The minimum atomic E-state index is -1.06. The van der Waals surface area contributed by atoms with Gasteiger partial charge in [-0.15, -0.1) is 0 Å². The molecule has 0 fully saturated rings. The van der Waals surface area contributed by atoms with Gasteiger partial charge in [0.1, 0.15) is 12.1 Å². The second-order valence-corrected chi connectivity index (χ2v) is 5.59. The lowest BCUT2D eigenvalue weighted by molar-refractivity contribution is -0.143. The van der Waals surface area contributed by atoms with Crippen molar-refractivity contribution in [1.29, 1.82) is 0 Å². The fourth-order valence-electron chi connectivity index (χ4n) is 1.89. The number of carboxylic acid groups (broad SMARTS) is 1. The highest BCUT2D eigenvalue weighted by Gasteiger charge is 2.29. The first-order valence-corrected chi connectivity index (χ1v) is 6.99. The molecule has 20 heavy (non-hydrogen) atoms. The van der Waals surface area contributed by atoms with Gasteiger partial charge in [0.05, 0.1) is 0 Å². The monoisotopic (exact) mass is 286 g/mol. The molecule has 0 unspecified atom stereocenters. The molecule has 0 aromatic heterocycles. The zero-order chi connectivity index (χ0) is 15.9. The van der Waals surface area contributed by atoms with Crippen molar-refractivity contribution in [3.63, 3.8) is 0 Å². The summed E-state index contributed by atoms with van der Waals surface area (Å²) in [5.41, 5.74) is 0. The molecule has 0 saturated carbocycles. The lowest BCUT2D eigenvalue weighted by Crippen LogP contribution is -2.53. The number of aliphatic carboxylic acids is 1. The summed E-state index contributed by atoms with van der Waals surface area (Å²) in [4.78, 5) is 34.5. The summed E-state index contributed by atoms with van der Waals surface area (Å²) < 4.78 is 0. The van der Waals surface area contributed by atoms with E-state index < -0.39 is 24.0 Å². The second-order valence-electron chi connectivity index (χ2n) is 5.59. The van der Waals surface area contributed by atoms with Gasteiger partial charge in [-0.05, 0) is 18.3 Å². The predicted octanol–water partition coefficient (Wildman–Crippen LogP) is 1.15. The number of hydrogen-bond donors (Lipinski definition) is 3. The number of carboxylic acids is 1. The van der Waals surface area contributed by atoms with E-state index in [0.717, 1.165) is 0 Å². The van der Waals surface area contributed by atoms with Gasteiger partial charge >= 0.3 is 5.97 Å². The van der Waals surface area contributed by atoms with Crippen molar-refractivity contribution in [1.82, 2.24) is 10.6 Å². The molecule has 6 nitrogen and oxygen atoms in total. The maximum Gasteiger partial charge on any atom is 0.326 e. The highest BCUT2D eigenvalue weighted by Crippen LogP contribution is 2.10. The SMILES string of the molecule is CC[C@@H](C)[C@@H](NC(=O)[C@H](CC(C)C)NC(C)=O)C(=O)O. The molecule has 0 aliphatic rings. The van der Waals surface area contributed by atoms with Crippen LogP contribution in [-0.4, -0.2) is 35.0 Å². The standard InChI is InChI=1S/C14H26N2O4/c1-6-9(4)12(14(19)20)16-13(18)11(7-8(2)3)15-10(5)17/h8-9,11-12H,6-7H2,1-5H3,(H,15,17)(H,16,18)(H,19,20)/t9-,11+,12-/m1/s1. The normalized spacial score (nSPS) is 15.3. The average molecular weight is 286 g/mol. The molecule has 116 valence electrons. The third-order valence-corrected chi connectivity index (χ3v) is 3.18. The van der Waals surface area contributed by atoms with E-state index in [1.165, 1.54) is 6.92 Å². The van der Waals surface area contributed by atoms with E-state index in [4.69, 9.17) is 5.11 Å². The molecular weight excluding hydrogens is 260 g/mol. The van der Waals surface area contributed by atoms with Crippen molar-refractivity contribution in [3.05, 3.63) is 0 Å². The van der Waals surface area contributed by atoms with Crippen molar-refractivity contribution in [2.45, 2.75) is 59.5 Å². The molecule has 6 heteroatoms. The first-order valence-electron chi connectivity index (χ1n) is 6.99. The molecular formula is C14H26N2O4. The third kappa shape index (κ3) is 6.54. The Morgan fingerprint density at radius 3 is 2.00 bits per heavy atom. The van der Waals surface area contributed by atoms with E-state index in [0.29, 0.717) is 12.8 Å². The molecule has 0 heterocycles. The first kappa shape index (κ1) is 18.4. The van der Waals surface area contributed by atoms with Gasteiger partial charge in [0.2, 0.25) is 11.8 Å². The van der Waals surface area contributed by atoms with Gasteiger partial charge < -0.3 is 15.7 Å². The van der Waals surface area contributed by atoms with Crippen molar-refractivity contribution in [2.24, 2.45) is 11.8 Å². The van der Waals surface area contributed by atoms with Crippen LogP contribution in [0.3, 0.4) is 0 Å². The second kappa shape index (κ2) is 8.55. The highest BCUT2D eigenvalue weighted by atomic mass is 16.4. The van der Waals surface area contributed by atoms with Gasteiger partial charge in [-0.25, -0.2) is 4.79 Å². The average Bonchev–Trinajstić information content (AvgIpc) is 2.32. The number of nitrogens with one attached hydrogen (secondary N) is 2. The van der Waals surface area contributed by atoms with Crippen LogP contribution in [0.25, 0.3) is 0 Å². The van der Waals surface area contributed by atoms with E-state index in [1.54, 1.807) is 6.92 Å². The highest BCUT2D eigenvalue weighted by molar-refractivity contribution is 5.90. The Hall–Kier alpha value is -1.59. The maximum atomic E-state index is 12.2. The minimum absolute atomic E-state index is 0.173. The van der Waals surface area contributed by atoms with Crippen LogP contribution < -0.4 is 10.6 Å². The third-order valence-electron chi connectivity index (χ3n) is 3.18. The fraction of sp³-hybridized carbons (Fsp3) is 0.786. The molecule has 0 rings (SSSR count). The summed E-state index contributed by atoms with van der Waals surface area (Å²) in [6.07, 6.45) is 1.12. The molecule has 0 aromatic rings. The zero-order valence-electron chi connectivity index (χ0n) is 12.9. The lowest BCUT2D eigenvalue weighted by atomic mass is 9.97. The van der Waals surface area contributed by atoms with Crippen molar-refractivity contribution >= 4 is 17.8 Å². The zero-order valence-corrected chi connectivity index (χ0v) is 12.9. The van der Waals surface area contributed by atoms with Gasteiger partial charge in [0, 0.05) is 6.92 Å². The summed E-state index contributed by atoms with van der Waals surface area (Å²) >= 11 is 0. The number of hydrogen-bond acceptors (Lipinski definition) is 3. The largest absolute Gasteiger partial charge is 0.480 e. The molecule has 0 aliphatic carbocycles. The fourth-order valence-corrected chi connectivity index (χ4v) is 1.89. The molecule has 0 bridgehead atoms. The quantitative estimate of drug-likeness (QED) is 0.624. The van der Waals surface area contributed by atoms with Gasteiger partial charge in [0.15, 0.2) is 0 Å². The van der Waals surface area contributed by atoms with Crippen LogP contribution in [0.1, 0.15) is 47.5 Å². The Morgan fingerprint density at radius 1 is 1.10 bits per heavy atom. The van der Waals surface area contributed by atoms with Gasteiger partial charge in [0.25, 0.3) is 0 Å². The van der Waals surface area contributed by atoms with E-state index >= 15 is 0 Å². The Balaban J connectivity index is 4.86. The smallest absolute Gasteiger partial charge is 0.326 e. The summed E-state index contributed by atoms with van der Waals surface area (Å²) in [5.74, 6) is -1.76. The van der Waals surface area contributed by atoms with E-state index in [2.05, 4.69) is 10.6 Å². The van der Waals surface area contributed by atoms with Crippen LogP contribution in [-0.2, 0) is 14.4 Å². The molecule has 0 radical (unpaired) electrons. The summed E-state index contributed by atoms with van der Waals surface area (Å²) in [5, 5.41) is 14.3. The summed E-state index contributed by atoms with van der Waals surface area (Å²) in [7, 11) is 0. The van der Waals surface area contributed by atoms with Crippen molar-refractivity contribution in [2.75, 3.05) is 0 Å². The molecule has 0 spiro atoms. The Labute approximate surface area is 120 Å². The Bertz CT molecular complexity index is 355. The van der Waals surface area contributed by atoms with Crippen LogP contribution in [0.5, 0.6) is 0 Å². The maximum absolute atomic E-state index is 12.2. The minimum Gasteiger partial charge on any atom is -0.480 e. The Morgan fingerprint density at radius 2 is 1.65 bits per heavy atom. The predicted molar refractivity (Wildman–Crippen MR) is 76.1 cm³/mol. The molecule has 0 aromatic carbocycles. The lowest BCUT2D eigenvalue weighted by Gasteiger charge is -2.24. The van der Waals surface area contributed by atoms with Gasteiger partial charge in [-0.3, -0.25) is 9.59 Å². The van der Waals surface area contributed by atoms with Gasteiger partial charge in [-0.2, -0.15) is 0 Å². The topological polar surface area (TPSA) is 95.5 Å².